The van der Waals surface area contributed by atoms with Crippen molar-refractivity contribution in [3.05, 3.63) is 68.0 Å². The highest BCUT2D eigenvalue weighted by Crippen LogP contribution is 2.21. The smallest absolute Gasteiger partial charge is 0.127 e. The predicted molar refractivity (Wildman–Crippen MR) is 86.0 cm³/mol. The molecule has 0 radical (unpaired) electrons. The highest BCUT2D eigenvalue weighted by molar-refractivity contribution is 14.1. The third kappa shape index (κ3) is 4.16. The van der Waals surface area contributed by atoms with Crippen LogP contribution in [0.15, 0.2) is 42.5 Å². The van der Waals surface area contributed by atoms with Gasteiger partial charge in [-0.1, -0.05) is 29.8 Å². The number of hydrogen-bond acceptors (Lipinski definition) is 1. The second kappa shape index (κ2) is 6.68. The largest absolute Gasteiger partial charge is 0.327 e. The van der Waals surface area contributed by atoms with Crippen molar-refractivity contribution in [3.63, 3.8) is 0 Å². The topological polar surface area (TPSA) is 26.0 Å². The van der Waals surface area contributed by atoms with Gasteiger partial charge in [-0.2, -0.15) is 0 Å². The lowest BCUT2D eigenvalue weighted by molar-refractivity contribution is 0.584. The van der Waals surface area contributed by atoms with Crippen LogP contribution in [0.2, 0.25) is 5.02 Å². The first-order valence-corrected chi connectivity index (χ1v) is 7.45. The van der Waals surface area contributed by atoms with Crippen molar-refractivity contribution >= 4 is 34.2 Å². The van der Waals surface area contributed by atoms with E-state index < -0.39 is 0 Å². The van der Waals surface area contributed by atoms with Crippen LogP contribution in [0.25, 0.3) is 0 Å². The highest BCUT2D eigenvalue weighted by atomic mass is 127. The molecule has 0 bridgehead atoms. The van der Waals surface area contributed by atoms with Gasteiger partial charge in [0.1, 0.15) is 5.82 Å². The van der Waals surface area contributed by atoms with Crippen molar-refractivity contribution in [2.45, 2.75) is 18.9 Å². The maximum atomic E-state index is 13.7. The fourth-order valence-electron chi connectivity index (χ4n) is 1.98. The molecule has 0 fully saturated rings. The average Bonchev–Trinajstić information content (AvgIpc) is 2.37. The van der Waals surface area contributed by atoms with Crippen LogP contribution in [0.3, 0.4) is 0 Å². The molecule has 0 amide bonds. The first-order valence-electron chi connectivity index (χ1n) is 5.99. The standard InChI is InChI=1S/C15H14ClFIN/c16-14-2-1-3-15(17)13(14)9-12(19)8-10-4-6-11(18)7-5-10/h1-7,12H,8-9,19H2. The van der Waals surface area contributed by atoms with Gasteiger partial charge in [0, 0.05) is 20.2 Å². The molecule has 2 rings (SSSR count). The summed E-state index contributed by atoms with van der Waals surface area (Å²) in [6.07, 6.45) is 1.15. The monoisotopic (exact) mass is 389 g/mol. The molecule has 0 aromatic heterocycles. The molecule has 0 saturated heterocycles. The van der Waals surface area contributed by atoms with Crippen molar-refractivity contribution in [3.8, 4) is 0 Å². The third-order valence-corrected chi connectivity index (χ3v) is 4.01. The Morgan fingerprint density at radius 3 is 2.42 bits per heavy atom. The summed E-state index contributed by atoms with van der Waals surface area (Å²) in [5.74, 6) is -0.287. The summed E-state index contributed by atoms with van der Waals surface area (Å²) in [6.45, 7) is 0. The van der Waals surface area contributed by atoms with Gasteiger partial charge < -0.3 is 5.73 Å². The summed E-state index contributed by atoms with van der Waals surface area (Å²) >= 11 is 8.26. The molecule has 100 valence electrons. The van der Waals surface area contributed by atoms with Crippen molar-refractivity contribution in [2.75, 3.05) is 0 Å². The van der Waals surface area contributed by atoms with E-state index in [9.17, 15) is 4.39 Å². The second-order valence-electron chi connectivity index (χ2n) is 4.50. The predicted octanol–water partition coefficient (Wildman–Crippen LogP) is 4.20. The summed E-state index contributed by atoms with van der Waals surface area (Å²) < 4.78 is 14.8. The van der Waals surface area contributed by atoms with E-state index in [-0.39, 0.29) is 11.9 Å². The maximum absolute atomic E-state index is 13.7. The van der Waals surface area contributed by atoms with E-state index in [0.717, 1.165) is 5.56 Å². The van der Waals surface area contributed by atoms with Crippen LogP contribution >= 0.6 is 34.2 Å². The molecule has 1 unspecified atom stereocenters. The van der Waals surface area contributed by atoms with E-state index in [4.69, 9.17) is 17.3 Å². The Labute approximate surface area is 131 Å². The van der Waals surface area contributed by atoms with E-state index in [2.05, 4.69) is 22.6 Å². The van der Waals surface area contributed by atoms with Crippen molar-refractivity contribution in [1.29, 1.82) is 0 Å². The van der Waals surface area contributed by atoms with Crippen molar-refractivity contribution in [2.24, 2.45) is 5.73 Å². The number of rotatable bonds is 4. The minimum atomic E-state index is -0.287. The van der Waals surface area contributed by atoms with Gasteiger partial charge >= 0.3 is 0 Å². The third-order valence-electron chi connectivity index (χ3n) is 2.94. The van der Waals surface area contributed by atoms with E-state index in [1.54, 1.807) is 12.1 Å². The van der Waals surface area contributed by atoms with Gasteiger partial charge in [-0.3, -0.25) is 0 Å². The lowest BCUT2D eigenvalue weighted by Gasteiger charge is -2.13. The quantitative estimate of drug-likeness (QED) is 0.780. The lowest BCUT2D eigenvalue weighted by Crippen LogP contribution is -2.26. The lowest BCUT2D eigenvalue weighted by atomic mass is 9.99. The average molecular weight is 390 g/mol. The van der Waals surface area contributed by atoms with Gasteiger partial charge in [-0.05, 0) is 65.3 Å². The zero-order valence-corrected chi connectivity index (χ0v) is 13.2. The maximum Gasteiger partial charge on any atom is 0.127 e. The van der Waals surface area contributed by atoms with Crippen LogP contribution in [0.4, 0.5) is 4.39 Å². The fraction of sp³-hybridized carbons (Fsp3) is 0.200. The Hall–Kier alpha value is -0.650. The summed E-state index contributed by atoms with van der Waals surface area (Å²) in [7, 11) is 0. The highest BCUT2D eigenvalue weighted by Gasteiger charge is 2.12. The first kappa shape index (κ1) is 14.8. The van der Waals surface area contributed by atoms with Crippen molar-refractivity contribution in [1.82, 2.24) is 0 Å². The summed E-state index contributed by atoms with van der Waals surface area (Å²) in [5, 5.41) is 0.443. The summed E-state index contributed by atoms with van der Waals surface area (Å²) in [5.41, 5.74) is 7.74. The van der Waals surface area contributed by atoms with Gasteiger partial charge in [-0.15, -0.1) is 0 Å². The molecule has 0 heterocycles. The molecule has 2 aromatic carbocycles. The van der Waals surface area contributed by atoms with Crippen LogP contribution in [0.1, 0.15) is 11.1 Å². The zero-order chi connectivity index (χ0) is 13.8. The van der Waals surface area contributed by atoms with Gasteiger partial charge in [0.2, 0.25) is 0 Å². The first-order chi connectivity index (χ1) is 9.06. The van der Waals surface area contributed by atoms with E-state index in [1.807, 2.05) is 24.3 Å². The van der Waals surface area contributed by atoms with Gasteiger partial charge in [-0.25, -0.2) is 4.39 Å². The number of halogens is 3. The Kier molecular flexibility index (Phi) is 5.19. The minimum Gasteiger partial charge on any atom is -0.327 e. The number of benzene rings is 2. The molecule has 0 spiro atoms. The van der Waals surface area contributed by atoms with E-state index in [1.165, 1.54) is 9.64 Å². The molecular formula is C15H14ClFIN. The zero-order valence-electron chi connectivity index (χ0n) is 10.2. The molecule has 4 heteroatoms. The number of hydrogen-bond donors (Lipinski definition) is 1. The molecule has 0 aliphatic heterocycles. The Balaban J connectivity index is 2.05. The van der Waals surface area contributed by atoms with Crippen LogP contribution in [0, 0.1) is 9.39 Å². The normalized spacial score (nSPS) is 12.4. The molecule has 0 saturated carbocycles. The molecular weight excluding hydrogens is 376 g/mol. The Morgan fingerprint density at radius 2 is 1.79 bits per heavy atom. The molecule has 1 atom stereocenters. The van der Waals surface area contributed by atoms with Crippen molar-refractivity contribution < 1.29 is 4.39 Å². The second-order valence-corrected chi connectivity index (χ2v) is 6.15. The summed E-state index contributed by atoms with van der Waals surface area (Å²) in [6, 6.07) is 12.7. The molecule has 2 aromatic rings. The molecule has 2 N–H and O–H groups in total. The van der Waals surface area contributed by atoms with E-state index >= 15 is 0 Å². The fourth-order valence-corrected chi connectivity index (χ4v) is 2.58. The molecule has 0 aliphatic rings. The van der Waals surface area contributed by atoms with Gasteiger partial charge in [0.05, 0.1) is 0 Å². The number of nitrogens with two attached hydrogens (primary N) is 1. The Bertz CT molecular complexity index is 536. The Morgan fingerprint density at radius 1 is 1.11 bits per heavy atom. The molecule has 19 heavy (non-hydrogen) atoms. The van der Waals surface area contributed by atoms with Gasteiger partial charge in [0.25, 0.3) is 0 Å². The SMILES string of the molecule is NC(Cc1ccc(I)cc1)Cc1c(F)cccc1Cl. The van der Waals surface area contributed by atoms with Crippen LogP contribution in [-0.2, 0) is 12.8 Å². The van der Waals surface area contributed by atoms with Gasteiger partial charge in [0.15, 0.2) is 0 Å². The minimum absolute atomic E-state index is 0.144. The van der Waals surface area contributed by atoms with Crippen LogP contribution < -0.4 is 5.73 Å². The van der Waals surface area contributed by atoms with E-state index in [0.29, 0.717) is 23.4 Å². The molecule has 1 nitrogen and oxygen atoms in total. The summed E-state index contributed by atoms with van der Waals surface area (Å²) in [4.78, 5) is 0. The van der Waals surface area contributed by atoms with Crippen LogP contribution in [-0.4, -0.2) is 6.04 Å². The van der Waals surface area contributed by atoms with Crippen LogP contribution in [0.5, 0.6) is 0 Å². The molecule has 0 aliphatic carbocycles.